The summed E-state index contributed by atoms with van der Waals surface area (Å²) in [6.45, 7) is -0.536. The summed E-state index contributed by atoms with van der Waals surface area (Å²) >= 11 is 5.95. The maximum absolute atomic E-state index is 12.4. The smallest absolute Gasteiger partial charge is 0.338 e. The molecule has 7 nitrogen and oxygen atoms in total. The van der Waals surface area contributed by atoms with Crippen LogP contribution >= 0.6 is 11.6 Å². The van der Waals surface area contributed by atoms with E-state index >= 15 is 0 Å². The normalized spacial score (nSPS) is 11.1. The first-order valence-electron chi connectivity index (χ1n) is 7.08. The Morgan fingerprint density at radius 3 is 2.44 bits per heavy atom. The van der Waals surface area contributed by atoms with Gasteiger partial charge in [-0.3, -0.25) is 4.79 Å². The lowest BCUT2D eigenvalue weighted by molar-refractivity contribution is -0.121. The fraction of sp³-hybridized carbons (Fsp3) is 0.125. The van der Waals surface area contributed by atoms with Gasteiger partial charge in [-0.25, -0.2) is 17.9 Å². The van der Waals surface area contributed by atoms with E-state index < -0.39 is 28.5 Å². The van der Waals surface area contributed by atoms with E-state index in [2.05, 4.69) is 9.46 Å². The highest BCUT2D eigenvalue weighted by Gasteiger charge is 2.20. The van der Waals surface area contributed by atoms with E-state index in [1.54, 1.807) is 24.3 Å². The number of nitrogens with one attached hydrogen (secondary N) is 1. The van der Waals surface area contributed by atoms with Gasteiger partial charge in [-0.05, 0) is 23.8 Å². The van der Waals surface area contributed by atoms with Crippen LogP contribution in [-0.2, 0) is 26.1 Å². The lowest BCUT2D eigenvalue weighted by atomic mass is 10.2. The third kappa shape index (κ3) is 5.28. The number of ether oxygens (including phenoxy) is 1. The van der Waals surface area contributed by atoms with Gasteiger partial charge in [0.2, 0.25) is 10.0 Å². The Morgan fingerprint density at radius 1 is 1.12 bits per heavy atom. The molecule has 0 aliphatic carbocycles. The molecule has 0 fully saturated rings. The molecule has 0 radical (unpaired) electrons. The van der Waals surface area contributed by atoms with E-state index in [0.29, 0.717) is 0 Å². The highest BCUT2D eigenvalue weighted by atomic mass is 35.5. The van der Waals surface area contributed by atoms with Crippen molar-refractivity contribution >= 4 is 33.5 Å². The number of hydrogen-bond acceptors (Lipinski definition) is 5. The van der Waals surface area contributed by atoms with Crippen molar-refractivity contribution in [2.45, 2.75) is 11.4 Å². The van der Waals surface area contributed by atoms with E-state index in [9.17, 15) is 18.0 Å². The summed E-state index contributed by atoms with van der Waals surface area (Å²) in [4.78, 5) is 22.2. The molecule has 0 atom stereocenters. The topological polar surface area (TPSA) is 116 Å². The van der Waals surface area contributed by atoms with Crippen molar-refractivity contribution in [3.05, 3.63) is 64.7 Å². The number of esters is 1. The molecule has 0 aromatic heterocycles. The summed E-state index contributed by atoms with van der Waals surface area (Å²) in [5, 5.41) is -0.0491. The Morgan fingerprint density at radius 2 is 1.80 bits per heavy atom. The van der Waals surface area contributed by atoms with Crippen molar-refractivity contribution in [2.24, 2.45) is 5.73 Å². The largest absolute Gasteiger partial charge is 0.452 e. The van der Waals surface area contributed by atoms with E-state index in [0.717, 1.165) is 11.6 Å². The van der Waals surface area contributed by atoms with Crippen molar-refractivity contribution in [3.63, 3.8) is 0 Å². The zero-order valence-corrected chi connectivity index (χ0v) is 14.5. The van der Waals surface area contributed by atoms with Crippen LogP contribution in [0.4, 0.5) is 0 Å². The molecule has 0 saturated heterocycles. The van der Waals surface area contributed by atoms with Gasteiger partial charge in [0.1, 0.15) is 4.90 Å². The number of primary amides is 1. The van der Waals surface area contributed by atoms with Gasteiger partial charge in [-0.1, -0.05) is 41.9 Å². The van der Waals surface area contributed by atoms with Crippen LogP contribution in [0.5, 0.6) is 0 Å². The van der Waals surface area contributed by atoms with Crippen molar-refractivity contribution in [1.29, 1.82) is 0 Å². The lowest BCUT2D eigenvalue weighted by Crippen LogP contribution is -2.24. The third-order valence-electron chi connectivity index (χ3n) is 3.11. The monoisotopic (exact) mass is 382 g/mol. The van der Waals surface area contributed by atoms with Crippen molar-refractivity contribution < 1.29 is 22.7 Å². The zero-order chi connectivity index (χ0) is 18.4. The Kier molecular flexibility index (Phi) is 6.13. The van der Waals surface area contributed by atoms with Crippen molar-refractivity contribution in [3.8, 4) is 0 Å². The second kappa shape index (κ2) is 8.11. The highest BCUT2D eigenvalue weighted by molar-refractivity contribution is 7.89. The molecule has 2 aromatic rings. The minimum absolute atomic E-state index is 0.0491. The Bertz CT molecular complexity index is 885. The van der Waals surface area contributed by atoms with Crippen LogP contribution in [0.25, 0.3) is 0 Å². The number of rotatable bonds is 7. The van der Waals surface area contributed by atoms with Gasteiger partial charge in [0.25, 0.3) is 5.91 Å². The predicted octanol–water partition coefficient (Wildman–Crippen LogP) is 1.46. The van der Waals surface area contributed by atoms with Crippen LogP contribution in [0.15, 0.2) is 53.4 Å². The van der Waals surface area contributed by atoms with Crippen LogP contribution in [0, 0.1) is 0 Å². The molecule has 0 aliphatic heterocycles. The first-order chi connectivity index (χ1) is 11.8. The lowest BCUT2D eigenvalue weighted by Gasteiger charge is -2.10. The van der Waals surface area contributed by atoms with E-state index in [1.807, 2.05) is 6.07 Å². The van der Waals surface area contributed by atoms with Crippen molar-refractivity contribution in [1.82, 2.24) is 4.72 Å². The first kappa shape index (κ1) is 18.9. The average molecular weight is 383 g/mol. The summed E-state index contributed by atoms with van der Waals surface area (Å²) in [6.07, 6.45) is 0. The number of carbonyl (C=O) groups excluding carboxylic acids is 2. The molecule has 9 heteroatoms. The summed E-state index contributed by atoms with van der Waals surface area (Å²) < 4.78 is 32.0. The highest BCUT2D eigenvalue weighted by Crippen LogP contribution is 2.23. The number of nitrogens with two attached hydrogens (primary N) is 1. The van der Waals surface area contributed by atoms with E-state index in [4.69, 9.17) is 17.3 Å². The van der Waals surface area contributed by atoms with Crippen LogP contribution < -0.4 is 10.5 Å². The molecule has 0 saturated carbocycles. The average Bonchev–Trinajstić information content (AvgIpc) is 2.59. The quantitative estimate of drug-likeness (QED) is 0.703. The molecule has 0 bridgehead atoms. The first-order valence-corrected chi connectivity index (χ1v) is 8.94. The molecule has 0 heterocycles. The zero-order valence-electron chi connectivity index (χ0n) is 12.9. The SMILES string of the molecule is NC(=O)COC(=O)c1ccc(Cl)c(S(=O)(=O)NCc2ccccc2)c1. The van der Waals surface area contributed by atoms with Gasteiger partial charge in [-0.2, -0.15) is 0 Å². The Labute approximate surface area is 149 Å². The number of hydrogen-bond donors (Lipinski definition) is 2. The second-order valence-electron chi connectivity index (χ2n) is 5.00. The molecule has 0 aliphatic rings. The van der Waals surface area contributed by atoms with Gasteiger partial charge in [0.15, 0.2) is 6.61 Å². The molecule has 0 spiro atoms. The third-order valence-corrected chi connectivity index (χ3v) is 4.99. The van der Waals surface area contributed by atoms with Crippen LogP contribution in [0.2, 0.25) is 5.02 Å². The van der Waals surface area contributed by atoms with Gasteiger partial charge >= 0.3 is 5.97 Å². The number of sulfonamides is 1. The minimum atomic E-state index is -3.96. The maximum atomic E-state index is 12.4. The molecule has 3 N–H and O–H groups in total. The van der Waals surface area contributed by atoms with E-state index in [1.165, 1.54) is 12.1 Å². The maximum Gasteiger partial charge on any atom is 0.338 e. The predicted molar refractivity (Wildman–Crippen MR) is 91.4 cm³/mol. The molecule has 0 unspecified atom stereocenters. The standard InChI is InChI=1S/C16H15ClN2O5S/c17-13-7-6-12(16(21)24-10-15(18)20)8-14(13)25(22,23)19-9-11-4-2-1-3-5-11/h1-8,19H,9-10H2,(H2,18,20). The van der Waals surface area contributed by atoms with Gasteiger partial charge in [-0.15, -0.1) is 0 Å². The summed E-state index contributed by atoms with van der Waals surface area (Å²) in [5.41, 5.74) is 5.59. The number of carbonyl (C=O) groups is 2. The van der Waals surface area contributed by atoms with Crippen LogP contribution in [0.1, 0.15) is 15.9 Å². The van der Waals surface area contributed by atoms with E-state index in [-0.39, 0.29) is 22.0 Å². The summed E-state index contributed by atoms with van der Waals surface area (Å²) in [7, 11) is -3.96. The fourth-order valence-corrected chi connectivity index (χ4v) is 3.45. The molecule has 25 heavy (non-hydrogen) atoms. The van der Waals surface area contributed by atoms with Crippen LogP contribution in [0.3, 0.4) is 0 Å². The number of amides is 1. The molecular formula is C16H15ClN2O5S. The van der Waals surface area contributed by atoms with Gasteiger partial charge in [0, 0.05) is 6.54 Å². The molecule has 2 rings (SSSR count). The molecule has 1 amide bonds. The summed E-state index contributed by atoms with van der Waals surface area (Å²) in [6, 6.07) is 12.6. The van der Waals surface area contributed by atoms with Gasteiger partial charge < -0.3 is 10.5 Å². The molecule has 132 valence electrons. The second-order valence-corrected chi connectivity index (χ2v) is 7.14. The fourth-order valence-electron chi connectivity index (χ4n) is 1.91. The Balaban J connectivity index is 2.20. The minimum Gasteiger partial charge on any atom is -0.452 e. The van der Waals surface area contributed by atoms with Crippen LogP contribution in [-0.4, -0.2) is 26.9 Å². The Hall–Kier alpha value is -2.42. The van der Waals surface area contributed by atoms with Gasteiger partial charge in [0.05, 0.1) is 10.6 Å². The number of benzene rings is 2. The van der Waals surface area contributed by atoms with Crippen molar-refractivity contribution in [2.75, 3.05) is 6.61 Å². The molecular weight excluding hydrogens is 368 g/mol. The molecule has 2 aromatic carbocycles. The summed E-state index contributed by atoms with van der Waals surface area (Å²) in [5.74, 6) is -1.70. The number of halogens is 1.